The second kappa shape index (κ2) is 14.2. The van der Waals surface area contributed by atoms with E-state index in [1.54, 1.807) is 25.1 Å². The lowest BCUT2D eigenvalue weighted by atomic mass is 10.0. The Bertz CT molecular complexity index is 2200. The minimum Gasteiger partial charge on any atom is -0.508 e. The monoisotopic (exact) mass is 659 g/mol. The van der Waals surface area contributed by atoms with Gasteiger partial charge in [-0.15, -0.1) is 15.3 Å². The number of aromatic hydroxyl groups is 4. The number of aliphatic carboxylic acids is 1. The zero-order valence-electron chi connectivity index (χ0n) is 26.3. The van der Waals surface area contributed by atoms with Gasteiger partial charge in [-0.25, -0.2) is 4.79 Å². The van der Waals surface area contributed by atoms with Crippen molar-refractivity contribution in [2.45, 2.75) is 20.8 Å². The fraction of sp³-hybridized carbons (Fsp3) is 0.0857. The first-order valence-corrected chi connectivity index (χ1v) is 14.6. The molecule has 14 nitrogen and oxygen atoms in total. The predicted molar refractivity (Wildman–Crippen MR) is 181 cm³/mol. The summed E-state index contributed by atoms with van der Waals surface area (Å²) in [5.74, 6) is -3.70. The molecule has 0 aliphatic carbocycles. The number of carbonyl (C=O) groups excluding carboxylic acids is 1. The third kappa shape index (κ3) is 8.07. The molecule has 5 rings (SSSR count). The number of carbonyl (C=O) groups is 2. The van der Waals surface area contributed by atoms with E-state index in [2.05, 4.69) is 36.0 Å². The van der Waals surface area contributed by atoms with E-state index in [1.807, 2.05) is 38.1 Å². The van der Waals surface area contributed by atoms with Gasteiger partial charge in [-0.3, -0.25) is 4.79 Å². The van der Waals surface area contributed by atoms with E-state index in [0.29, 0.717) is 16.9 Å². The third-order valence-electron chi connectivity index (χ3n) is 7.20. The molecule has 5 aromatic rings. The van der Waals surface area contributed by atoms with Crippen LogP contribution < -0.4 is 5.32 Å². The van der Waals surface area contributed by atoms with E-state index < -0.39 is 11.9 Å². The van der Waals surface area contributed by atoms with Crippen molar-refractivity contribution in [2.24, 2.45) is 30.7 Å². The Kier molecular flexibility index (Phi) is 9.69. The fourth-order valence-corrected chi connectivity index (χ4v) is 4.56. The van der Waals surface area contributed by atoms with Crippen LogP contribution in [0.1, 0.15) is 16.7 Å². The molecule has 0 heterocycles. The van der Waals surface area contributed by atoms with Gasteiger partial charge in [0, 0.05) is 12.1 Å². The number of carboxylic acid groups (broad SMARTS) is 1. The van der Waals surface area contributed by atoms with E-state index in [1.165, 1.54) is 36.4 Å². The second-order valence-electron chi connectivity index (χ2n) is 10.9. The maximum atomic E-state index is 12.1. The van der Waals surface area contributed by atoms with Crippen molar-refractivity contribution in [3.63, 3.8) is 0 Å². The van der Waals surface area contributed by atoms with Crippen LogP contribution in [0.15, 0.2) is 116 Å². The molecule has 49 heavy (non-hydrogen) atoms. The second-order valence-corrected chi connectivity index (χ2v) is 10.9. The number of hydrogen-bond donors (Lipinski definition) is 6. The first-order chi connectivity index (χ1) is 23.4. The van der Waals surface area contributed by atoms with Gasteiger partial charge >= 0.3 is 11.9 Å². The number of aryl methyl sites for hydroxylation is 3. The zero-order chi connectivity index (χ0) is 35.2. The molecule has 0 aromatic heterocycles. The van der Waals surface area contributed by atoms with E-state index in [4.69, 9.17) is 5.11 Å². The number of phenols is 4. The number of phenolic OH excluding ortho intramolecular Hbond substituents is 4. The van der Waals surface area contributed by atoms with Gasteiger partial charge < -0.3 is 30.8 Å². The van der Waals surface area contributed by atoms with Gasteiger partial charge in [-0.05, 0) is 109 Å². The summed E-state index contributed by atoms with van der Waals surface area (Å²) in [6.07, 6.45) is 0. The molecule has 0 spiro atoms. The highest BCUT2D eigenvalue weighted by Crippen LogP contribution is 2.38. The van der Waals surface area contributed by atoms with Crippen LogP contribution in [0.4, 0.5) is 39.8 Å². The van der Waals surface area contributed by atoms with Crippen molar-refractivity contribution in [2.75, 3.05) is 5.32 Å². The van der Waals surface area contributed by atoms with Crippen LogP contribution in [0.3, 0.4) is 0 Å². The molecular formula is C35H29N7O7. The summed E-state index contributed by atoms with van der Waals surface area (Å²) < 4.78 is 0. The van der Waals surface area contributed by atoms with Crippen LogP contribution in [0.2, 0.25) is 0 Å². The van der Waals surface area contributed by atoms with Crippen LogP contribution in [-0.2, 0) is 9.59 Å². The van der Waals surface area contributed by atoms with Crippen LogP contribution in [0.5, 0.6) is 23.0 Å². The van der Waals surface area contributed by atoms with E-state index in [0.717, 1.165) is 28.3 Å². The van der Waals surface area contributed by atoms with Gasteiger partial charge in [0.1, 0.15) is 40.1 Å². The number of anilines is 1. The molecule has 6 N–H and O–H groups in total. The molecule has 0 saturated heterocycles. The summed E-state index contributed by atoms with van der Waals surface area (Å²) in [6.45, 7) is 5.45. The van der Waals surface area contributed by atoms with Gasteiger partial charge in [0.15, 0.2) is 0 Å². The number of nitrogens with one attached hydrogen (secondary N) is 1. The molecule has 5 aromatic carbocycles. The third-order valence-corrected chi connectivity index (χ3v) is 7.20. The molecule has 1 amide bonds. The number of nitrogens with zero attached hydrogens (tertiary/aromatic N) is 6. The largest absolute Gasteiger partial charge is 0.508 e. The van der Waals surface area contributed by atoms with Gasteiger partial charge in [-0.2, -0.15) is 15.3 Å². The smallest absolute Gasteiger partial charge is 0.394 e. The first-order valence-electron chi connectivity index (χ1n) is 14.6. The standard InChI is InChI=1S/C35H29N7O7/c1-18-12-21(4-8-25(18)37-39-27-10-6-23(43)15-32(27)45)22-5-9-26(19(2)13-22)38-42-31-14-20(3)29(17-30(31)36-34(47)35(48)49)41-40-28-11-7-24(44)16-33(28)46/h4-17,43-46H,1-3H3,(H,36,47)(H,48,49). The lowest BCUT2D eigenvalue weighted by Gasteiger charge is -2.10. The van der Waals surface area contributed by atoms with Gasteiger partial charge in [0.25, 0.3) is 0 Å². The number of benzene rings is 5. The normalized spacial score (nSPS) is 11.5. The maximum absolute atomic E-state index is 12.1. The molecule has 0 radical (unpaired) electrons. The predicted octanol–water partition coefficient (Wildman–Crippen LogP) is 9.37. The lowest BCUT2D eigenvalue weighted by molar-refractivity contribution is -0.147. The Morgan fingerprint density at radius 1 is 0.490 bits per heavy atom. The molecular weight excluding hydrogens is 630 g/mol. The fourth-order valence-electron chi connectivity index (χ4n) is 4.56. The lowest BCUT2D eigenvalue weighted by Crippen LogP contribution is -2.21. The van der Waals surface area contributed by atoms with Crippen LogP contribution in [-0.4, -0.2) is 37.4 Å². The number of hydrogen-bond acceptors (Lipinski definition) is 12. The van der Waals surface area contributed by atoms with E-state index >= 15 is 0 Å². The van der Waals surface area contributed by atoms with E-state index in [9.17, 15) is 30.0 Å². The molecule has 0 unspecified atom stereocenters. The number of rotatable bonds is 8. The SMILES string of the molecule is Cc1cc(-c2ccc(N=Nc3cc(C)c(N=Nc4ccc(O)cc4O)cc3NC(=O)C(=O)O)c(C)c2)ccc1N=Nc1ccc(O)cc1O. The Balaban J connectivity index is 1.39. The summed E-state index contributed by atoms with van der Waals surface area (Å²) in [7, 11) is 0. The number of azo groups is 3. The quantitative estimate of drug-likeness (QED) is 0.0698. The summed E-state index contributed by atoms with van der Waals surface area (Å²) in [5, 5.41) is 75.5. The Labute approximate surface area is 279 Å². The van der Waals surface area contributed by atoms with Crippen molar-refractivity contribution in [1.29, 1.82) is 0 Å². The molecule has 14 heteroatoms. The highest BCUT2D eigenvalue weighted by molar-refractivity contribution is 6.36. The van der Waals surface area contributed by atoms with Gasteiger partial charge in [0.2, 0.25) is 0 Å². The molecule has 0 aliphatic heterocycles. The van der Waals surface area contributed by atoms with Crippen LogP contribution in [0.25, 0.3) is 11.1 Å². The summed E-state index contributed by atoms with van der Waals surface area (Å²) in [5.41, 5.74) is 5.90. The first kappa shape index (κ1) is 33.4. The van der Waals surface area contributed by atoms with Crippen molar-refractivity contribution >= 4 is 51.7 Å². The highest BCUT2D eigenvalue weighted by Gasteiger charge is 2.16. The van der Waals surface area contributed by atoms with Crippen molar-refractivity contribution in [3.8, 4) is 34.1 Å². The molecule has 0 atom stereocenters. The van der Waals surface area contributed by atoms with Crippen molar-refractivity contribution < 1.29 is 35.1 Å². The minimum absolute atomic E-state index is 0.0215. The molecule has 0 fully saturated rings. The zero-order valence-corrected chi connectivity index (χ0v) is 26.3. The number of carboxylic acids is 1. The number of amides is 1. The van der Waals surface area contributed by atoms with E-state index in [-0.39, 0.29) is 51.4 Å². The average molecular weight is 660 g/mol. The maximum Gasteiger partial charge on any atom is 0.394 e. The molecule has 0 bridgehead atoms. The highest BCUT2D eigenvalue weighted by atomic mass is 16.4. The summed E-state index contributed by atoms with van der Waals surface area (Å²) in [4.78, 5) is 23.4. The Hall–Kier alpha value is -6.96. The Morgan fingerprint density at radius 3 is 1.35 bits per heavy atom. The van der Waals surface area contributed by atoms with Gasteiger partial charge in [-0.1, -0.05) is 12.1 Å². The summed E-state index contributed by atoms with van der Waals surface area (Å²) in [6, 6.07) is 22.0. The topological polar surface area (TPSA) is 221 Å². The summed E-state index contributed by atoms with van der Waals surface area (Å²) >= 11 is 0. The Morgan fingerprint density at radius 2 is 0.898 bits per heavy atom. The molecule has 0 aliphatic rings. The average Bonchev–Trinajstić information content (AvgIpc) is 3.05. The van der Waals surface area contributed by atoms with Crippen LogP contribution >= 0.6 is 0 Å². The van der Waals surface area contributed by atoms with Crippen LogP contribution in [0, 0.1) is 20.8 Å². The van der Waals surface area contributed by atoms with Crippen molar-refractivity contribution in [3.05, 3.63) is 102 Å². The molecule has 0 saturated carbocycles. The minimum atomic E-state index is -1.70. The molecule has 246 valence electrons. The van der Waals surface area contributed by atoms with Gasteiger partial charge in [0.05, 0.1) is 22.7 Å². The van der Waals surface area contributed by atoms with Crippen molar-refractivity contribution in [1.82, 2.24) is 0 Å².